The molecule has 460 valence electrons. The minimum absolute atomic E-state index is 0.00620. The molecule has 2 aromatic heterocycles. The van der Waals surface area contributed by atoms with Crippen LogP contribution in [0.2, 0.25) is 0 Å². The zero-order valence-electron chi connectivity index (χ0n) is 71.3. The van der Waals surface area contributed by atoms with E-state index in [1.54, 1.807) is 24.3 Å². The van der Waals surface area contributed by atoms with Crippen molar-refractivity contribution in [2.24, 2.45) is 0 Å². The molecule has 0 amide bonds. The average molecular weight is 1260 g/mol. The van der Waals surface area contributed by atoms with Crippen molar-refractivity contribution in [1.29, 1.82) is 0 Å². The second kappa shape index (κ2) is 21.6. The molecule has 0 saturated carbocycles. The fourth-order valence-corrected chi connectivity index (χ4v) is 14.9. The van der Waals surface area contributed by atoms with Crippen LogP contribution >= 0.6 is 0 Å². The zero-order chi connectivity index (χ0) is 80.5. The van der Waals surface area contributed by atoms with Crippen molar-refractivity contribution < 1.29 is 34.1 Å². The summed E-state index contributed by atoms with van der Waals surface area (Å²) in [5, 5.41) is -0.546. The third-order valence-electron chi connectivity index (χ3n) is 19.6. The lowest BCUT2D eigenvalue weighted by Gasteiger charge is -2.42. The Hall–Kier alpha value is -11.9. The minimum Gasteiger partial charge on any atom is -0.458 e. The molecule has 5 heterocycles. The highest BCUT2D eigenvalue weighted by molar-refractivity contribution is 6.99. The topological polar surface area (TPSA) is 31.6 Å². The van der Waals surface area contributed by atoms with E-state index in [0.717, 1.165) is 50.1 Å². The fraction of sp³-hybridized carbons (Fsp3) is 0.0769. The van der Waals surface area contributed by atoms with Crippen molar-refractivity contribution in [1.82, 2.24) is 9.13 Å². The first kappa shape index (κ1) is 41.1. The second-order valence-electron chi connectivity index (χ2n) is 26.6. The Balaban J connectivity index is 0.995. The highest BCUT2D eigenvalue weighted by atomic mass is 16.5. The average Bonchev–Trinajstić information content (AvgIpc) is 1.35. The van der Waals surface area contributed by atoms with Gasteiger partial charge in [0.05, 0.1) is 52.4 Å². The first-order chi connectivity index (χ1) is 55.0. The lowest BCUT2D eigenvalue weighted by atomic mass is 9.34. The van der Waals surface area contributed by atoms with Crippen LogP contribution in [0.4, 0.5) is 17.1 Å². The molecule has 0 bridgehead atoms. The third kappa shape index (κ3) is 8.93. The molecule has 0 spiro atoms. The van der Waals surface area contributed by atoms with Crippen LogP contribution in [0.25, 0.3) is 111 Å². The molecule has 5 nitrogen and oxygen atoms in total. The molecule has 0 aliphatic carbocycles. The molecule has 3 aliphatic heterocycles. The highest BCUT2D eigenvalue weighted by Crippen LogP contribution is 2.54. The van der Waals surface area contributed by atoms with E-state index in [4.69, 9.17) is 17.7 Å². The monoisotopic (exact) mass is 1260 g/mol. The van der Waals surface area contributed by atoms with Gasteiger partial charge >= 0.3 is 0 Å². The van der Waals surface area contributed by atoms with Crippen molar-refractivity contribution in [3.8, 4) is 90.0 Å². The van der Waals surface area contributed by atoms with Gasteiger partial charge in [-0.25, -0.2) is 0 Å². The molecular formula is C91H66BN3O2. The first-order valence-corrected chi connectivity index (χ1v) is 32.4. The summed E-state index contributed by atoms with van der Waals surface area (Å²) in [6.45, 7) is 9.65. The molecule has 19 rings (SSSR count). The van der Waals surface area contributed by atoms with Gasteiger partial charge in [-0.2, -0.15) is 0 Å². The zero-order valence-corrected chi connectivity index (χ0v) is 53.3. The number of para-hydroxylation sites is 5. The van der Waals surface area contributed by atoms with E-state index in [-0.39, 0.29) is 89.8 Å². The summed E-state index contributed by atoms with van der Waals surface area (Å²) in [7, 11) is 0. The van der Waals surface area contributed by atoms with E-state index in [9.17, 15) is 16.4 Å². The van der Waals surface area contributed by atoms with Gasteiger partial charge in [0, 0.05) is 78.0 Å². The maximum Gasteiger partial charge on any atom is 0.256 e. The van der Waals surface area contributed by atoms with Gasteiger partial charge in [0.2, 0.25) is 0 Å². The number of benzene rings is 14. The van der Waals surface area contributed by atoms with Gasteiger partial charge in [-0.3, -0.25) is 0 Å². The van der Waals surface area contributed by atoms with Gasteiger partial charge in [0.25, 0.3) is 6.71 Å². The summed E-state index contributed by atoms with van der Waals surface area (Å²) in [6, 6.07) is 55.5. The molecule has 0 fully saturated rings. The summed E-state index contributed by atoms with van der Waals surface area (Å²) in [6.07, 6.45) is 0. The number of nitrogens with zero attached hydrogens (tertiary/aromatic N) is 3. The predicted molar refractivity (Wildman–Crippen MR) is 405 cm³/mol. The molecule has 0 radical (unpaired) electrons. The Morgan fingerprint density at radius 1 is 0.371 bits per heavy atom. The van der Waals surface area contributed by atoms with Crippen LogP contribution in [0.1, 0.15) is 76.0 Å². The second-order valence-corrected chi connectivity index (χ2v) is 26.6. The van der Waals surface area contributed by atoms with Crippen molar-refractivity contribution in [2.75, 3.05) is 4.90 Å². The normalized spacial score (nSPS) is 16.0. The largest absolute Gasteiger partial charge is 0.458 e. The Morgan fingerprint density at radius 2 is 0.845 bits per heavy atom. The predicted octanol–water partition coefficient (Wildman–Crippen LogP) is 22.4. The number of anilines is 3. The van der Waals surface area contributed by atoms with E-state index >= 15 is 0 Å². The van der Waals surface area contributed by atoms with E-state index in [0.29, 0.717) is 56.0 Å². The van der Waals surface area contributed by atoms with Crippen molar-refractivity contribution in [3.63, 3.8) is 0 Å². The maximum absolute atomic E-state index is 11.6. The molecule has 0 N–H and O–H groups in total. The summed E-state index contributed by atoms with van der Waals surface area (Å²) >= 11 is 0. The van der Waals surface area contributed by atoms with Crippen molar-refractivity contribution in [3.05, 3.63) is 326 Å². The number of hydrogen-bond acceptors (Lipinski definition) is 3. The Bertz CT molecular complexity index is 6800. The SMILES string of the molecule is [2H]c1c2c3c(c([2H])c1-c1ccc4c(c1)Oc1ccccc1C4(C)C)N(c1c(-c4cccc(-c5ccccc5)c4)cc(C(C)(C)C)cc1-c1cccc(-c4ccccc4)c1)c1cc(-n4c5c([2H])c([2H])c([2H])c([2H])c5c5c([2H])c([2H])c([2H])c([2H])c54)ccc1B3c1ccc(-n3c4c([2H])c([2H])c([2H])c([2H])c4c4c([2H])c([2H])c([2H])c([2H])c43)cc1O2. The van der Waals surface area contributed by atoms with Crippen LogP contribution in [0.15, 0.2) is 309 Å². The summed E-state index contributed by atoms with van der Waals surface area (Å²) < 4.78 is 189. The fourth-order valence-electron chi connectivity index (χ4n) is 14.9. The quantitative estimate of drug-likeness (QED) is 0.142. The van der Waals surface area contributed by atoms with Gasteiger partial charge < -0.3 is 23.5 Å². The molecule has 97 heavy (non-hydrogen) atoms. The third-order valence-corrected chi connectivity index (χ3v) is 19.6. The Kier molecular flexibility index (Phi) is 9.14. The molecule has 16 aromatic rings. The van der Waals surface area contributed by atoms with E-state index in [2.05, 4.69) is 83.1 Å². The van der Waals surface area contributed by atoms with Crippen LogP contribution in [0, 0.1) is 0 Å². The van der Waals surface area contributed by atoms with Gasteiger partial charge in [0.1, 0.15) is 23.0 Å². The number of hydrogen-bond donors (Lipinski definition) is 0. The molecule has 0 atom stereocenters. The minimum atomic E-state index is -1.03. The standard InChI is InChI=1S/C91H66BN3O2/c1-90(2,3)65-53-72(62-30-22-28-59(48-62)57-24-8-6-9-25-57)89(73(54-65)63-31-23-29-60(49-63)58-26-10-7-11-27-58)95-82-55-66(93-78-37-17-12-32-68(78)69-33-13-18-38-79(69)93)43-46-76(82)92-77-47-44-67(94-80-39-19-14-34-70(80)71-35-15-20-40-81(71)94)56-86(77)97-87-52-64(50-83(95)88(87)92)61-42-45-75-85(51-61)96-84-41-21-16-36-74(84)91(75,4)5/h6-56H,1-5H3/i12D,13D,14D,15D,17D,18D,19D,20D,32D,33D,34D,35D,37D,38D,39D,40D,50D,52D. The van der Waals surface area contributed by atoms with Gasteiger partial charge in [-0.15, -0.1) is 0 Å². The smallest absolute Gasteiger partial charge is 0.256 e. The summed E-state index contributed by atoms with van der Waals surface area (Å²) in [5.74, 6) is 1.23. The Morgan fingerprint density at radius 3 is 1.41 bits per heavy atom. The van der Waals surface area contributed by atoms with Crippen LogP contribution in [-0.4, -0.2) is 15.8 Å². The van der Waals surface area contributed by atoms with E-state index < -0.39 is 114 Å². The number of ether oxygens (including phenoxy) is 2. The van der Waals surface area contributed by atoms with Crippen LogP contribution in [0.5, 0.6) is 23.0 Å². The van der Waals surface area contributed by atoms with Crippen LogP contribution in [0.3, 0.4) is 0 Å². The summed E-state index contributed by atoms with van der Waals surface area (Å²) in [4.78, 5) is 2.04. The molecule has 0 saturated heterocycles. The molecule has 0 unspecified atom stereocenters. The lowest BCUT2D eigenvalue weighted by molar-refractivity contribution is 0.418. The van der Waals surface area contributed by atoms with Gasteiger partial charge in [0.15, 0.2) is 0 Å². The molecule has 3 aliphatic rings. The maximum atomic E-state index is 11.6. The molecule has 14 aromatic carbocycles. The van der Waals surface area contributed by atoms with Crippen LogP contribution in [-0.2, 0) is 10.8 Å². The van der Waals surface area contributed by atoms with E-state index in [1.165, 1.54) is 9.13 Å². The molecular weight excluding hydrogens is 1180 g/mol. The number of aromatic nitrogens is 2. The van der Waals surface area contributed by atoms with Crippen molar-refractivity contribution in [2.45, 2.75) is 45.4 Å². The summed E-state index contributed by atoms with van der Waals surface area (Å²) in [5.41, 5.74) is 11.0. The molecule has 6 heteroatoms. The Labute approximate surface area is 590 Å². The number of rotatable bonds is 8. The number of fused-ring (bicyclic) bond motifs is 12. The lowest BCUT2D eigenvalue weighted by Crippen LogP contribution is -2.59. The first-order valence-electron chi connectivity index (χ1n) is 41.4. The van der Waals surface area contributed by atoms with Crippen LogP contribution < -0.4 is 30.8 Å². The highest BCUT2D eigenvalue weighted by Gasteiger charge is 2.44. The van der Waals surface area contributed by atoms with E-state index in [1.807, 2.05) is 132 Å². The van der Waals surface area contributed by atoms with Crippen molar-refractivity contribution >= 4 is 83.8 Å². The van der Waals surface area contributed by atoms with Gasteiger partial charge in [-0.1, -0.05) is 247 Å². The van der Waals surface area contributed by atoms with Gasteiger partial charge in [-0.05, 0) is 163 Å².